The van der Waals surface area contributed by atoms with Crippen molar-refractivity contribution in [3.8, 4) is 0 Å². The normalized spacial score (nSPS) is 15.2. The Morgan fingerprint density at radius 1 is 1.19 bits per heavy atom. The molecule has 2 aromatic heterocycles. The zero-order chi connectivity index (χ0) is 22.7. The van der Waals surface area contributed by atoms with E-state index in [9.17, 15) is 13.2 Å². The number of H-pyrrole nitrogens is 1. The lowest BCUT2D eigenvalue weighted by atomic mass is 10.1. The first-order valence-corrected chi connectivity index (χ1v) is 12.6. The van der Waals surface area contributed by atoms with Gasteiger partial charge in [0.2, 0.25) is 5.65 Å². The highest BCUT2D eigenvalue weighted by molar-refractivity contribution is 7.85. The molecule has 172 valence electrons. The molecule has 0 spiro atoms. The van der Waals surface area contributed by atoms with Crippen LogP contribution in [0.3, 0.4) is 0 Å². The molecular formula is C20H25ClN6O4S. The van der Waals surface area contributed by atoms with Crippen LogP contribution in [0.15, 0.2) is 29.1 Å². The van der Waals surface area contributed by atoms with Crippen molar-refractivity contribution in [2.24, 2.45) is 0 Å². The van der Waals surface area contributed by atoms with Crippen molar-refractivity contribution >= 4 is 27.4 Å². The molecule has 0 aliphatic heterocycles. The first-order valence-electron chi connectivity index (χ1n) is 10.4. The third kappa shape index (κ3) is 5.71. The molecule has 1 aliphatic carbocycles. The summed E-state index contributed by atoms with van der Waals surface area (Å²) in [6.45, 7) is 1.07. The molecule has 1 aliphatic rings. The lowest BCUT2D eigenvalue weighted by molar-refractivity contribution is 0.196. The van der Waals surface area contributed by atoms with Crippen LogP contribution in [0.2, 0.25) is 5.02 Å². The number of aromatic nitrogens is 5. The third-order valence-electron chi connectivity index (χ3n) is 5.46. The molecule has 0 saturated heterocycles. The van der Waals surface area contributed by atoms with E-state index in [1.165, 1.54) is 0 Å². The summed E-state index contributed by atoms with van der Waals surface area (Å²) in [5.74, 6) is 1.41. The minimum Gasteiger partial charge on any atom is -0.305 e. The van der Waals surface area contributed by atoms with Gasteiger partial charge in [0.1, 0.15) is 5.82 Å². The lowest BCUT2D eigenvalue weighted by Gasteiger charge is -2.21. The molecule has 10 nitrogen and oxygen atoms in total. The topological polar surface area (TPSA) is 123 Å². The molecular weight excluding hydrogens is 456 g/mol. The molecule has 1 saturated carbocycles. The Hall–Kier alpha value is -2.34. The Kier molecular flexibility index (Phi) is 6.89. The number of halogens is 1. The Morgan fingerprint density at radius 2 is 1.91 bits per heavy atom. The van der Waals surface area contributed by atoms with Gasteiger partial charge in [-0.05, 0) is 30.5 Å². The van der Waals surface area contributed by atoms with Crippen LogP contribution in [-0.4, -0.2) is 57.5 Å². The SMILES string of the molecule is CS(=O)(=O)OCCN(Cc1ccc(Cl)cc1)Cc1nn2c(C3CCCC3)nnc2c(=O)[nH]1. The predicted octanol–water partition coefficient (Wildman–Crippen LogP) is 2.10. The van der Waals surface area contributed by atoms with Gasteiger partial charge in [-0.1, -0.05) is 36.6 Å². The summed E-state index contributed by atoms with van der Waals surface area (Å²) in [5.41, 5.74) is 0.805. The second-order valence-electron chi connectivity index (χ2n) is 8.04. The van der Waals surface area contributed by atoms with Crippen LogP contribution < -0.4 is 5.56 Å². The summed E-state index contributed by atoms with van der Waals surface area (Å²) in [6, 6.07) is 7.37. The molecule has 0 unspecified atom stereocenters. The maximum Gasteiger partial charge on any atom is 0.296 e. The number of nitrogens with one attached hydrogen (secondary N) is 1. The van der Waals surface area contributed by atoms with Crippen molar-refractivity contribution in [2.45, 2.75) is 44.7 Å². The molecule has 12 heteroatoms. The van der Waals surface area contributed by atoms with Gasteiger partial charge in [0.05, 0.1) is 19.4 Å². The number of hydrogen-bond acceptors (Lipinski definition) is 8. The van der Waals surface area contributed by atoms with E-state index in [2.05, 4.69) is 20.3 Å². The largest absolute Gasteiger partial charge is 0.305 e. The Morgan fingerprint density at radius 3 is 2.59 bits per heavy atom. The van der Waals surface area contributed by atoms with E-state index in [1.54, 1.807) is 16.6 Å². The summed E-state index contributed by atoms with van der Waals surface area (Å²) in [4.78, 5) is 17.3. The zero-order valence-corrected chi connectivity index (χ0v) is 19.3. The Labute approximate surface area is 190 Å². The van der Waals surface area contributed by atoms with E-state index >= 15 is 0 Å². The second-order valence-corrected chi connectivity index (χ2v) is 10.1. The van der Waals surface area contributed by atoms with Crippen LogP contribution in [0, 0.1) is 0 Å². The van der Waals surface area contributed by atoms with Gasteiger partial charge < -0.3 is 4.98 Å². The van der Waals surface area contributed by atoms with Crippen molar-refractivity contribution < 1.29 is 12.6 Å². The van der Waals surface area contributed by atoms with Gasteiger partial charge in [0.15, 0.2) is 5.82 Å². The Bertz CT molecular complexity index is 1240. The highest BCUT2D eigenvalue weighted by Gasteiger charge is 2.24. The van der Waals surface area contributed by atoms with Crippen LogP contribution in [-0.2, 0) is 27.4 Å². The van der Waals surface area contributed by atoms with Gasteiger partial charge in [0, 0.05) is 24.0 Å². The molecule has 0 bridgehead atoms. The monoisotopic (exact) mass is 480 g/mol. The average molecular weight is 481 g/mol. The lowest BCUT2D eigenvalue weighted by Crippen LogP contribution is -2.30. The van der Waals surface area contributed by atoms with Crippen molar-refractivity contribution in [1.82, 2.24) is 29.7 Å². The van der Waals surface area contributed by atoms with Crippen LogP contribution in [0.25, 0.3) is 5.65 Å². The Balaban J connectivity index is 1.58. The molecule has 0 atom stereocenters. The summed E-state index contributed by atoms with van der Waals surface area (Å²) in [5, 5.41) is 13.5. The van der Waals surface area contributed by atoms with Crippen LogP contribution >= 0.6 is 11.6 Å². The standard InChI is InChI=1S/C20H25ClN6O4S/c1-32(29,30)31-11-10-26(12-14-6-8-16(21)9-7-14)13-17-22-20(28)19-24-23-18(27(19)25-17)15-4-2-3-5-15/h6-9,15H,2-5,10-13H2,1H3,(H,22,25,28). The van der Waals surface area contributed by atoms with E-state index in [0.29, 0.717) is 23.9 Å². The van der Waals surface area contributed by atoms with Gasteiger partial charge in [-0.2, -0.15) is 12.9 Å². The van der Waals surface area contributed by atoms with Gasteiger partial charge >= 0.3 is 0 Å². The number of nitrogens with zero attached hydrogens (tertiary/aromatic N) is 5. The zero-order valence-electron chi connectivity index (χ0n) is 17.7. The summed E-state index contributed by atoms with van der Waals surface area (Å²) in [6.07, 6.45) is 5.29. The fraction of sp³-hybridized carbons (Fsp3) is 0.500. The van der Waals surface area contributed by atoms with Crippen molar-refractivity contribution in [3.05, 3.63) is 56.9 Å². The van der Waals surface area contributed by atoms with E-state index in [4.69, 9.17) is 15.8 Å². The molecule has 0 radical (unpaired) electrons. The molecule has 4 rings (SSSR count). The minimum absolute atomic E-state index is 0.0150. The highest BCUT2D eigenvalue weighted by atomic mass is 35.5. The maximum atomic E-state index is 12.6. The number of aromatic amines is 1. The summed E-state index contributed by atoms with van der Waals surface area (Å²) in [7, 11) is -3.55. The predicted molar refractivity (Wildman–Crippen MR) is 119 cm³/mol. The maximum absolute atomic E-state index is 12.6. The van der Waals surface area contributed by atoms with Gasteiger partial charge in [-0.25, -0.2) is 0 Å². The summed E-state index contributed by atoms with van der Waals surface area (Å²) >= 11 is 5.98. The van der Waals surface area contributed by atoms with E-state index in [1.807, 2.05) is 17.0 Å². The van der Waals surface area contributed by atoms with Gasteiger partial charge in [-0.3, -0.25) is 13.9 Å². The third-order valence-corrected chi connectivity index (χ3v) is 6.31. The number of benzene rings is 1. The molecule has 32 heavy (non-hydrogen) atoms. The van der Waals surface area contributed by atoms with Gasteiger partial charge in [-0.15, -0.1) is 15.3 Å². The molecule has 2 heterocycles. The van der Waals surface area contributed by atoms with Crippen molar-refractivity contribution in [2.75, 3.05) is 19.4 Å². The summed E-state index contributed by atoms with van der Waals surface area (Å²) < 4.78 is 29.2. The molecule has 1 aromatic carbocycles. The van der Waals surface area contributed by atoms with E-state index < -0.39 is 10.1 Å². The first kappa shape index (κ1) is 22.8. The quantitative estimate of drug-likeness (QED) is 0.462. The first-order chi connectivity index (χ1) is 15.3. The van der Waals surface area contributed by atoms with Gasteiger partial charge in [0.25, 0.3) is 15.7 Å². The van der Waals surface area contributed by atoms with Crippen LogP contribution in [0.1, 0.15) is 48.8 Å². The highest BCUT2D eigenvalue weighted by Crippen LogP contribution is 2.32. The second kappa shape index (κ2) is 9.65. The van der Waals surface area contributed by atoms with Crippen LogP contribution in [0.4, 0.5) is 0 Å². The molecule has 1 fully saturated rings. The smallest absolute Gasteiger partial charge is 0.296 e. The fourth-order valence-corrected chi connectivity index (χ4v) is 4.47. The minimum atomic E-state index is -3.55. The number of fused-ring (bicyclic) bond motifs is 1. The molecule has 3 aromatic rings. The van der Waals surface area contributed by atoms with Crippen molar-refractivity contribution in [1.29, 1.82) is 0 Å². The molecule has 1 N–H and O–H groups in total. The van der Waals surface area contributed by atoms with E-state index in [-0.39, 0.29) is 30.3 Å². The average Bonchev–Trinajstić information content (AvgIpc) is 3.38. The number of hydrogen-bond donors (Lipinski definition) is 1. The fourth-order valence-electron chi connectivity index (χ4n) is 3.97. The van der Waals surface area contributed by atoms with Crippen molar-refractivity contribution in [3.63, 3.8) is 0 Å². The van der Waals surface area contributed by atoms with Crippen LogP contribution in [0.5, 0.6) is 0 Å². The van der Waals surface area contributed by atoms with E-state index in [0.717, 1.165) is 43.3 Å². The number of rotatable bonds is 9. The molecule has 0 amide bonds.